The second-order valence-electron chi connectivity index (χ2n) is 7.40. The maximum atomic E-state index is 5.71. The highest BCUT2D eigenvalue weighted by molar-refractivity contribution is 5.54. The van der Waals surface area contributed by atoms with Crippen molar-refractivity contribution < 1.29 is 13.9 Å². The summed E-state index contributed by atoms with van der Waals surface area (Å²) in [4.78, 5) is 9.71. The van der Waals surface area contributed by atoms with Gasteiger partial charge in [-0.05, 0) is 50.1 Å². The molecular weight excluding hydrogens is 342 g/mol. The average molecular weight is 371 g/mol. The zero-order valence-electron chi connectivity index (χ0n) is 16.1. The largest absolute Gasteiger partial charge is 0.494 e. The van der Waals surface area contributed by atoms with Crippen molar-refractivity contribution in [2.24, 2.45) is 5.92 Å². The lowest BCUT2D eigenvalue weighted by atomic mass is 10.1. The Bertz CT molecular complexity index is 710. The second-order valence-corrected chi connectivity index (χ2v) is 7.40. The number of oxazole rings is 1. The molecule has 0 bridgehead atoms. The lowest BCUT2D eigenvalue weighted by molar-refractivity contribution is 0.0311. The van der Waals surface area contributed by atoms with E-state index in [1.54, 1.807) is 6.26 Å². The fourth-order valence-electron chi connectivity index (χ4n) is 3.96. The molecule has 1 atom stereocenters. The summed E-state index contributed by atoms with van der Waals surface area (Å²) >= 11 is 0. The Balaban J connectivity index is 1.29. The minimum absolute atomic E-state index is 0.671. The van der Waals surface area contributed by atoms with Crippen LogP contribution in [0, 0.1) is 5.92 Å². The Morgan fingerprint density at radius 3 is 2.70 bits per heavy atom. The van der Waals surface area contributed by atoms with E-state index in [1.165, 1.54) is 13.0 Å². The van der Waals surface area contributed by atoms with Crippen molar-refractivity contribution in [3.05, 3.63) is 36.2 Å². The molecule has 146 valence electrons. The molecule has 0 radical (unpaired) electrons. The summed E-state index contributed by atoms with van der Waals surface area (Å²) in [5.74, 6) is 2.30. The van der Waals surface area contributed by atoms with E-state index in [9.17, 15) is 0 Å². The van der Waals surface area contributed by atoms with E-state index in [1.807, 2.05) is 31.2 Å². The third-order valence-corrected chi connectivity index (χ3v) is 5.34. The number of rotatable bonds is 7. The third-order valence-electron chi connectivity index (χ3n) is 5.34. The van der Waals surface area contributed by atoms with Crippen LogP contribution in [0.15, 0.2) is 34.9 Å². The van der Waals surface area contributed by atoms with Gasteiger partial charge in [0.15, 0.2) is 0 Å². The molecule has 0 aliphatic carbocycles. The van der Waals surface area contributed by atoms with Gasteiger partial charge in [0.1, 0.15) is 12.0 Å². The third kappa shape index (κ3) is 4.89. The summed E-state index contributed by atoms with van der Waals surface area (Å²) in [5, 5.41) is 0. The predicted octanol–water partition coefficient (Wildman–Crippen LogP) is 2.89. The fourth-order valence-corrected chi connectivity index (χ4v) is 3.96. The van der Waals surface area contributed by atoms with Gasteiger partial charge in [0.25, 0.3) is 0 Å². The van der Waals surface area contributed by atoms with Crippen molar-refractivity contribution in [1.29, 1.82) is 0 Å². The Kier molecular flexibility index (Phi) is 6.07. The van der Waals surface area contributed by atoms with Gasteiger partial charge in [-0.15, -0.1) is 0 Å². The van der Waals surface area contributed by atoms with Gasteiger partial charge >= 0.3 is 0 Å². The molecule has 2 aliphatic rings. The van der Waals surface area contributed by atoms with Crippen molar-refractivity contribution in [3.8, 4) is 17.2 Å². The van der Waals surface area contributed by atoms with Crippen LogP contribution in [0.4, 0.5) is 0 Å². The average Bonchev–Trinajstić information content (AvgIpc) is 3.34. The first kappa shape index (κ1) is 18.5. The van der Waals surface area contributed by atoms with Crippen LogP contribution >= 0.6 is 0 Å². The van der Waals surface area contributed by atoms with Gasteiger partial charge < -0.3 is 13.9 Å². The molecule has 0 amide bonds. The van der Waals surface area contributed by atoms with E-state index in [-0.39, 0.29) is 0 Å². The van der Waals surface area contributed by atoms with Gasteiger partial charge in [-0.25, -0.2) is 4.98 Å². The first-order chi connectivity index (χ1) is 13.3. The molecule has 1 aromatic heterocycles. The van der Waals surface area contributed by atoms with Crippen LogP contribution in [0.1, 0.15) is 19.0 Å². The van der Waals surface area contributed by atoms with Crippen molar-refractivity contribution >= 4 is 0 Å². The number of hydrogen-bond acceptors (Lipinski definition) is 6. The zero-order valence-corrected chi connectivity index (χ0v) is 16.1. The Morgan fingerprint density at radius 2 is 1.93 bits per heavy atom. The first-order valence-corrected chi connectivity index (χ1v) is 10.0. The van der Waals surface area contributed by atoms with E-state index in [2.05, 4.69) is 14.8 Å². The molecule has 0 saturated carbocycles. The highest BCUT2D eigenvalue weighted by Crippen LogP contribution is 2.24. The summed E-state index contributed by atoms with van der Waals surface area (Å²) in [6.07, 6.45) is 3.06. The standard InChI is InChI=1S/C21H29N3O3/c1-2-26-20-5-3-18(4-6-20)21-22-19(16-27-21)15-24-8-7-17(14-24)13-23-9-11-25-12-10-23/h3-6,16-17H,2,7-15H2,1H3. The van der Waals surface area contributed by atoms with Gasteiger partial charge in [0, 0.05) is 38.3 Å². The molecule has 2 aliphatic heterocycles. The van der Waals surface area contributed by atoms with Crippen LogP contribution in [0.3, 0.4) is 0 Å². The van der Waals surface area contributed by atoms with E-state index in [0.29, 0.717) is 12.5 Å². The van der Waals surface area contributed by atoms with Crippen LogP contribution in [0.2, 0.25) is 0 Å². The molecule has 1 unspecified atom stereocenters. The molecule has 2 aromatic rings. The van der Waals surface area contributed by atoms with E-state index in [0.717, 1.165) is 68.9 Å². The number of hydrogen-bond donors (Lipinski definition) is 0. The first-order valence-electron chi connectivity index (χ1n) is 10.0. The highest BCUT2D eigenvalue weighted by Gasteiger charge is 2.25. The van der Waals surface area contributed by atoms with Crippen molar-refractivity contribution in [2.45, 2.75) is 19.9 Å². The maximum absolute atomic E-state index is 5.71. The topological polar surface area (TPSA) is 51.0 Å². The van der Waals surface area contributed by atoms with Gasteiger partial charge in [-0.1, -0.05) is 0 Å². The number of nitrogens with zero attached hydrogens (tertiary/aromatic N) is 3. The quantitative estimate of drug-likeness (QED) is 0.746. The van der Waals surface area contributed by atoms with Crippen LogP contribution in [0.25, 0.3) is 11.5 Å². The summed E-state index contributed by atoms with van der Waals surface area (Å²) in [6.45, 7) is 10.9. The van der Waals surface area contributed by atoms with Gasteiger partial charge in [0.05, 0.1) is 25.5 Å². The predicted molar refractivity (Wildman–Crippen MR) is 104 cm³/mol. The molecule has 0 spiro atoms. The van der Waals surface area contributed by atoms with Crippen molar-refractivity contribution in [1.82, 2.24) is 14.8 Å². The number of likely N-dealkylation sites (tertiary alicyclic amines) is 1. The Morgan fingerprint density at radius 1 is 1.11 bits per heavy atom. The summed E-state index contributed by atoms with van der Waals surface area (Å²) in [5.41, 5.74) is 1.99. The van der Waals surface area contributed by atoms with E-state index < -0.39 is 0 Å². The molecule has 0 N–H and O–H groups in total. The SMILES string of the molecule is CCOc1ccc(-c2nc(CN3CCC(CN4CCOCC4)C3)co2)cc1. The smallest absolute Gasteiger partial charge is 0.226 e. The number of aromatic nitrogens is 1. The number of benzene rings is 1. The molecule has 1 aromatic carbocycles. The maximum Gasteiger partial charge on any atom is 0.226 e. The number of ether oxygens (including phenoxy) is 2. The van der Waals surface area contributed by atoms with Gasteiger partial charge in [-0.3, -0.25) is 9.80 Å². The normalized spacial score (nSPS) is 21.6. The Hall–Kier alpha value is -1.89. The van der Waals surface area contributed by atoms with Crippen LogP contribution in [-0.2, 0) is 11.3 Å². The van der Waals surface area contributed by atoms with Crippen LogP contribution in [0.5, 0.6) is 5.75 Å². The molecular formula is C21H29N3O3. The van der Waals surface area contributed by atoms with Crippen LogP contribution in [-0.4, -0.2) is 67.3 Å². The Labute approximate surface area is 161 Å². The lowest BCUT2D eigenvalue weighted by Gasteiger charge is -2.29. The second kappa shape index (κ2) is 8.87. The molecule has 6 heteroatoms. The zero-order chi connectivity index (χ0) is 18.5. The summed E-state index contributed by atoms with van der Waals surface area (Å²) in [6, 6.07) is 7.91. The molecule has 2 saturated heterocycles. The lowest BCUT2D eigenvalue weighted by Crippen LogP contribution is -2.39. The molecule has 3 heterocycles. The van der Waals surface area contributed by atoms with E-state index >= 15 is 0 Å². The van der Waals surface area contributed by atoms with Crippen molar-refractivity contribution in [2.75, 3.05) is 52.5 Å². The molecule has 4 rings (SSSR count). The van der Waals surface area contributed by atoms with E-state index in [4.69, 9.17) is 13.9 Å². The minimum Gasteiger partial charge on any atom is -0.494 e. The molecule has 6 nitrogen and oxygen atoms in total. The summed E-state index contributed by atoms with van der Waals surface area (Å²) in [7, 11) is 0. The van der Waals surface area contributed by atoms with Gasteiger partial charge in [-0.2, -0.15) is 0 Å². The summed E-state index contributed by atoms with van der Waals surface area (Å²) < 4.78 is 16.6. The highest BCUT2D eigenvalue weighted by atomic mass is 16.5. The minimum atomic E-state index is 0.671. The van der Waals surface area contributed by atoms with Crippen LogP contribution < -0.4 is 4.74 Å². The monoisotopic (exact) mass is 371 g/mol. The fraction of sp³-hybridized carbons (Fsp3) is 0.571. The number of morpholine rings is 1. The molecule has 2 fully saturated rings. The van der Waals surface area contributed by atoms with Crippen molar-refractivity contribution in [3.63, 3.8) is 0 Å². The van der Waals surface area contributed by atoms with Gasteiger partial charge in [0.2, 0.25) is 5.89 Å². The molecule has 27 heavy (non-hydrogen) atoms.